The predicted octanol–water partition coefficient (Wildman–Crippen LogP) is 13.2. The average molecular weight is 681 g/mol. The first-order valence-electron chi connectivity index (χ1n) is 18.0. The van der Waals surface area contributed by atoms with E-state index in [9.17, 15) is 0 Å². The summed E-state index contributed by atoms with van der Waals surface area (Å²) < 4.78 is 15.4. The summed E-state index contributed by atoms with van der Waals surface area (Å²) in [5.74, 6) is 0.829. The number of nitrogens with zero attached hydrogens (tertiary/aromatic N) is 1. The van der Waals surface area contributed by atoms with Crippen molar-refractivity contribution in [3.63, 3.8) is 0 Å². The molecule has 2 aromatic heterocycles. The zero-order valence-electron chi connectivity index (χ0n) is 28.7. The Hall–Kier alpha value is -7.04. The van der Waals surface area contributed by atoms with Gasteiger partial charge in [-0.15, -0.1) is 0 Å². The van der Waals surface area contributed by atoms with Crippen LogP contribution in [0.5, 0.6) is 5.75 Å². The molecule has 0 aliphatic carbocycles. The van der Waals surface area contributed by atoms with Crippen molar-refractivity contribution in [2.45, 2.75) is 6.23 Å². The highest BCUT2D eigenvalue weighted by atomic mass is 16.5. The lowest BCUT2D eigenvalue weighted by Crippen LogP contribution is -2.09. The van der Waals surface area contributed by atoms with Crippen molar-refractivity contribution in [1.29, 1.82) is 0 Å². The molecule has 1 atom stereocenters. The van der Waals surface area contributed by atoms with E-state index in [-0.39, 0.29) is 6.23 Å². The summed E-state index contributed by atoms with van der Waals surface area (Å²) in [5, 5.41) is 8.15. The van der Waals surface area contributed by atoms with Gasteiger partial charge >= 0.3 is 0 Å². The highest BCUT2D eigenvalue weighted by Crippen LogP contribution is 2.47. The molecule has 0 spiro atoms. The maximum absolute atomic E-state index is 6.69. The van der Waals surface area contributed by atoms with E-state index in [1.165, 1.54) is 38.5 Å². The maximum Gasteiger partial charge on any atom is 0.196 e. The number of ether oxygens (including phenoxy) is 1. The topological polar surface area (TPSA) is 39.3 Å². The molecule has 0 saturated heterocycles. The highest BCUT2D eigenvalue weighted by Gasteiger charge is 2.28. The van der Waals surface area contributed by atoms with Gasteiger partial charge in [0, 0.05) is 27.4 Å². The second-order valence-corrected chi connectivity index (χ2v) is 13.8. The lowest BCUT2D eigenvalue weighted by atomic mass is 10.0. The number of aromatic nitrogens is 1. The molecule has 1 aliphatic rings. The zero-order valence-corrected chi connectivity index (χ0v) is 28.7. The third-order valence-electron chi connectivity index (χ3n) is 10.6. The average Bonchev–Trinajstić information content (AvgIpc) is 3.93. The van der Waals surface area contributed by atoms with Crippen LogP contribution in [0.1, 0.15) is 11.8 Å². The van der Waals surface area contributed by atoms with E-state index in [1.807, 2.05) is 12.1 Å². The van der Waals surface area contributed by atoms with Gasteiger partial charge in [0.25, 0.3) is 0 Å². The summed E-state index contributed by atoms with van der Waals surface area (Å²) >= 11 is 0. The minimum absolute atomic E-state index is 0.311. The second-order valence-electron chi connectivity index (χ2n) is 13.8. The molecule has 0 saturated carbocycles. The van der Waals surface area contributed by atoms with Gasteiger partial charge in [-0.1, -0.05) is 133 Å². The largest absolute Gasteiger partial charge is 0.464 e. The number of para-hydroxylation sites is 1. The molecule has 4 nitrogen and oxygen atoms in total. The molecule has 53 heavy (non-hydrogen) atoms. The summed E-state index contributed by atoms with van der Waals surface area (Å²) in [6, 6.07) is 64.5. The van der Waals surface area contributed by atoms with Crippen LogP contribution in [0.15, 0.2) is 186 Å². The molecule has 1 aliphatic heterocycles. The summed E-state index contributed by atoms with van der Waals surface area (Å²) in [4.78, 5) is 0. The van der Waals surface area contributed by atoms with Crippen molar-refractivity contribution < 1.29 is 9.15 Å². The molecule has 10 aromatic rings. The Labute approximate surface area is 306 Å². The first-order chi connectivity index (χ1) is 26.2. The zero-order chi connectivity index (χ0) is 34.9. The number of benzene rings is 8. The Morgan fingerprint density at radius 1 is 0.434 bits per heavy atom. The van der Waals surface area contributed by atoms with Crippen molar-refractivity contribution in [1.82, 2.24) is 4.57 Å². The van der Waals surface area contributed by atoms with Gasteiger partial charge in [0.2, 0.25) is 0 Å². The normalized spacial score (nSPS) is 13.8. The maximum atomic E-state index is 6.69. The molecule has 0 amide bonds. The molecule has 250 valence electrons. The predicted molar refractivity (Wildman–Crippen MR) is 218 cm³/mol. The first kappa shape index (κ1) is 29.7. The van der Waals surface area contributed by atoms with Gasteiger partial charge in [0.15, 0.2) is 12.0 Å². The third kappa shape index (κ3) is 4.84. The number of hydrogen-bond donors (Lipinski definition) is 1. The van der Waals surface area contributed by atoms with E-state index in [1.54, 1.807) is 0 Å². The molecule has 3 heterocycles. The van der Waals surface area contributed by atoms with Gasteiger partial charge in [0.05, 0.1) is 22.1 Å². The van der Waals surface area contributed by atoms with E-state index in [4.69, 9.17) is 9.15 Å². The van der Waals surface area contributed by atoms with Gasteiger partial charge in [-0.25, -0.2) is 0 Å². The molecule has 1 N–H and O–H groups in total. The van der Waals surface area contributed by atoms with Crippen LogP contribution in [0, 0.1) is 0 Å². The van der Waals surface area contributed by atoms with Crippen LogP contribution >= 0.6 is 0 Å². The van der Waals surface area contributed by atoms with Crippen LogP contribution in [-0.2, 0) is 0 Å². The van der Waals surface area contributed by atoms with Crippen molar-refractivity contribution in [2.75, 3.05) is 5.32 Å². The fourth-order valence-corrected chi connectivity index (χ4v) is 8.06. The lowest BCUT2D eigenvalue weighted by Gasteiger charge is -2.13. The molecule has 0 bridgehead atoms. The van der Waals surface area contributed by atoms with Crippen LogP contribution < -0.4 is 10.1 Å². The van der Waals surface area contributed by atoms with Crippen molar-refractivity contribution in [2.24, 2.45) is 0 Å². The molecule has 0 radical (unpaired) electrons. The minimum Gasteiger partial charge on any atom is -0.464 e. The molecule has 11 rings (SSSR count). The van der Waals surface area contributed by atoms with E-state index >= 15 is 0 Å². The Balaban J connectivity index is 0.940. The van der Waals surface area contributed by atoms with Gasteiger partial charge in [-0.3, -0.25) is 0 Å². The Morgan fingerprint density at radius 2 is 1.06 bits per heavy atom. The number of furan rings is 1. The molecule has 0 fully saturated rings. The van der Waals surface area contributed by atoms with Crippen LogP contribution in [0.4, 0.5) is 5.69 Å². The fraction of sp³-hybridized carbons (Fsp3) is 0.0204. The quantitative estimate of drug-likeness (QED) is 0.197. The second kappa shape index (κ2) is 11.8. The molecule has 1 unspecified atom stereocenters. The van der Waals surface area contributed by atoms with E-state index in [2.05, 4.69) is 180 Å². The molecule has 8 aromatic carbocycles. The Bertz CT molecular complexity index is 2990. The van der Waals surface area contributed by atoms with Crippen LogP contribution in [0.25, 0.3) is 82.8 Å². The first-order valence-corrected chi connectivity index (χ1v) is 18.0. The summed E-state index contributed by atoms with van der Waals surface area (Å²) in [7, 11) is 0. The number of anilines is 1. The number of nitrogens with one attached hydrogen (secondary N) is 1. The van der Waals surface area contributed by atoms with Crippen molar-refractivity contribution >= 4 is 49.4 Å². The highest BCUT2D eigenvalue weighted by molar-refractivity contribution is 6.12. The number of rotatable bonds is 5. The monoisotopic (exact) mass is 680 g/mol. The van der Waals surface area contributed by atoms with Crippen LogP contribution in [0.2, 0.25) is 0 Å². The van der Waals surface area contributed by atoms with Crippen molar-refractivity contribution in [3.05, 3.63) is 188 Å². The number of hydrogen-bond acceptors (Lipinski definition) is 3. The Kier molecular flexibility index (Phi) is 6.58. The van der Waals surface area contributed by atoms with E-state index in [0.717, 1.165) is 61.3 Å². The van der Waals surface area contributed by atoms with Gasteiger partial charge < -0.3 is 19.0 Å². The lowest BCUT2D eigenvalue weighted by molar-refractivity contribution is 0.263. The van der Waals surface area contributed by atoms with Gasteiger partial charge in [0.1, 0.15) is 11.2 Å². The smallest absolute Gasteiger partial charge is 0.196 e. The molecular formula is C49H32N2O2. The van der Waals surface area contributed by atoms with Crippen LogP contribution in [0.3, 0.4) is 0 Å². The van der Waals surface area contributed by atoms with E-state index < -0.39 is 0 Å². The minimum atomic E-state index is -0.311. The molecule has 4 heteroatoms. The molecular weight excluding hydrogens is 649 g/mol. The summed E-state index contributed by atoms with van der Waals surface area (Å²) in [6.45, 7) is 0. The standard InChI is InChI=1S/C49H32N2O2/c1-3-10-31(11-4-1)35-14-9-15-38(28-35)51-43-17-8-7-16-39(43)40-24-22-37(30-44(40)51)33-18-20-34(21-19-33)49-50-42-25-27-46-47(48(42)53-49)41-29-36(23-26-45(41)52-46)32-12-5-2-6-13-32/h1-30,49-50H. The SMILES string of the molecule is c1ccc(-c2cccc(-n3c4ccccc4c4ccc(-c5ccc(C6Nc7ccc8oc9ccc(-c%10ccccc%10)cc9c8c7O6)cc5)cc43)c2)cc1. The van der Waals surface area contributed by atoms with Crippen LogP contribution in [-0.4, -0.2) is 4.57 Å². The third-order valence-corrected chi connectivity index (χ3v) is 10.6. The Morgan fingerprint density at radius 3 is 1.87 bits per heavy atom. The van der Waals surface area contributed by atoms with E-state index in [0.29, 0.717) is 0 Å². The van der Waals surface area contributed by atoms with Gasteiger partial charge in [-0.05, 0) is 81.9 Å². The number of fused-ring (bicyclic) bond motifs is 8. The summed E-state index contributed by atoms with van der Waals surface area (Å²) in [6.07, 6.45) is -0.311. The summed E-state index contributed by atoms with van der Waals surface area (Å²) in [5.41, 5.74) is 14.3. The van der Waals surface area contributed by atoms with Gasteiger partial charge in [-0.2, -0.15) is 0 Å². The fourth-order valence-electron chi connectivity index (χ4n) is 8.06. The van der Waals surface area contributed by atoms with Crippen molar-refractivity contribution in [3.8, 4) is 44.8 Å².